The van der Waals surface area contributed by atoms with Gasteiger partial charge in [0.2, 0.25) is 0 Å². The van der Waals surface area contributed by atoms with Crippen molar-refractivity contribution in [1.82, 2.24) is 10.1 Å². The summed E-state index contributed by atoms with van der Waals surface area (Å²) in [7, 11) is 0. The molecule has 0 saturated heterocycles. The first-order valence-corrected chi connectivity index (χ1v) is 12.0. The second-order valence-corrected chi connectivity index (χ2v) is 8.77. The van der Waals surface area contributed by atoms with Gasteiger partial charge < -0.3 is 0 Å². The number of H-pyrrole nitrogens is 1. The Hall–Kier alpha value is -1.49. The van der Waals surface area contributed by atoms with E-state index in [1.807, 2.05) is 11.8 Å². The quantitative estimate of drug-likeness (QED) is 0.248. The van der Waals surface area contributed by atoms with Gasteiger partial charge in [-0.3, -0.25) is 9.51 Å². The molecule has 2 rings (SSSR count). The minimum atomic E-state index is -0.496. The third-order valence-corrected chi connectivity index (χ3v) is 6.14. The maximum atomic E-state index is 10.9. The Kier molecular flexibility index (Phi) is 11.8. The maximum Gasteiger partial charge on any atom is 0.438 e. The summed E-state index contributed by atoms with van der Waals surface area (Å²) in [6.45, 7) is 2.28. The predicted octanol–water partition coefficient (Wildman–Crippen LogP) is 6.75. The molecule has 1 heterocycles. The van der Waals surface area contributed by atoms with Gasteiger partial charge in [0.1, 0.15) is 0 Å². The summed E-state index contributed by atoms with van der Waals surface area (Å²) in [4.78, 5) is 14.8. The molecule has 0 aliphatic rings. The number of hydrogen-bond donors (Lipinski definition) is 1. The topological polar surface area (TPSA) is 58.9 Å². The average Bonchev–Trinajstić information content (AvgIpc) is 3.11. The second-order valence-electron chi connectivity index (χ2n) is 7.60. The Labute approximate surface area is 173 Å². The van der Waals surface area contributed by atoms with Crippen LogP contribution in [0.2, 0.25) is 0 Å². The standard InChI is InChI=1S/C23H36N2O2S/c1-2-3-4-5-6-7-8-9-10-11-12-13-18-28-21-16-14-20(15-17-21)19-22-24-23(26)27-25-22/h14-17H,2-13,18-19H2,1H3,(H,24,25,26). The highest BCUT2D eigenvalue weighted by Gasteiger charge is 2.03. The van der Waals surface area contributed by atoms with E-state index < -0.39 is 5.76 Å². The zero-order chi connectivity index (χ0) is 19.9. The lowest BCUT2D eigenvalue weighted by molar-refractivity contribution is 0.382. The first-order chi connectivity index (χ1) is 13.8. The molecule has 0 aliphatic carbocycles. The molecule has 0 radical (unpaired) electrons. The predicted molar refractivity (Wildman–Crippen MR) is 118 cm³/mol. The van der Waals surface area contributed by atoms with Gasteiger partial charge in [-0.2, -0.15) is 0 Å². The van der Waals surface area contributed by atoms with E-state index in [4.69, 9.17) is 0 Å². The van der Waals surface area contributed by atoms with Crippen LogP contribution in [-0.2, 0) is 6.42 Å². The number of hydrogen-bond acceptors (Lipinski definition) is 4. The normalized spacial score (nSPS) is 11.2. The third-order valence-electron chi connectivity index (χ3n) is 5.05. The molecule has 28 heavy (non-hydrogen) atoms. The summed E-state index contributed by atoms with van der Waals surface area (Å²) < 4.78 is 4.53. The molecule has 0 fully saturated rings. The van der Waals surface area contributed by atoms with E-state index in [0.29, 0.717) is 12.2 Å². The van der Waals surface area contributed by atoms with Gasteiger partial charge in [-0.05, 0) is 29.9 Å². The SMILES string of the molecule is CCCCCCCCCCCCCCSc1ccc(Cc2noc(=O)[nH]2)cc1. The molecule has 5 heteroatoms. The van der Waals surface area contributed by atoms with Crippen LogP contribution in [0.1, 0.15) is 95.4 Å². The monoisotopic (exact) mass is 404 g/mol. The van der Waals surface area contributed by atoms with Gasteiger partial charge in [-0.15, -0.1) is 11.8 Å². The van der Waals surface area contributed by atoms with Crippen molar-refractivity contribution in [1.29, 1.82) is 0 Å². The molecule has 0 unspecified atom stereocenters. The summed E-state index contributed by atoms with van der Waals surface area (Å²) >= 11 is 1.93. The number of rotatable bonds is 16. The van der Waals surface area contributed by atoms with Crippen molar-refractivity contribution in [3.63, 3.8) is 0 Å². The van der Waals surface area contributed by atoms with Crippen molar-refractivity contribution in [3.05, 3.63) is 46.2 Å². The summed E-state index contributed by atoms with van der Waals surface area (Å²) in [6, 6.07) is 8.49. The fourth-order valence-electron chi connectivity index (χ4n) is 3.37. The molecule has 1 aromatic carbocycles. The van der Waals surface area contributed by atoms with Gasteiger partial charge in [0.05, 0.1) is 0 Å². The van der Waals surface area contributed by atoms with Gasteiger partial charge in [0, 0.05) is 11.3 Å². The largest absolute Gasteiger partial charge is 0.438 e. The van der Waals surface area contributed by atoms with Crippen molar-refractivity contribution in [2.24, 2.45) is 0 Å². The van der Waals surface area contributed by atoms with Crippen molar-refractivity contribution in [3.8, 4) is 0 Å². The second kappa shape index (κ2) is 14.5. The van der Waals surface area contributed by atoms with E-state index in [1.165, 1.54) is 87.7 Å². The Balaban J connectivity index is 1.44. The van der Waals surface area contributed by atoms with Crippen LogP contribution in [0.3, 0.4) is 0 Å². The van der Waals surface area contributed by atoms with Crippen molar-refractivity contribution in [2.75, 3.05) is 5.75 Å². The molecule has 0 spiro atoms. The summed E-state index contributed by atoms with van der Waals surface area (Å²) in [5, 5.41) is 3.70. The highest BCUT2D eigenvalue weighted by atomic mass is 32.2. The fourth-order valence-corrected chi connectivity index (χ4v) is 4.28. The third kappa shape index (κ3) is 10.2. The molecule has 0 atom stereocenters. The number of aromatic amines is 1. The first kappa shape index (κ1) is 22.8. The number of nitrogens with one attached hydrogen (secondary N) is 1. The van der Waals surface area contributed by atoms with Crippen molar-refractivity contribution < 1.29 is 4.52 Å². The molecular formula is C23H36N2O2S. The number of benzene rings is 1. The van der Waals surface area contributed by atoms with Crippen molar-refractivity contribution in [2.45, 2.75) is 95.3 Å². The van der Waals surface area contributed by atoms with E-state index >= 15 is 0 Å². The van der Waals surface area contributed by atoms with Gasteiger partial charge in [-0.1, -0.05) is 94.8 Å². The van der Waals surface area contributed by atoms with E-state index in [9.17, 15) is 4.79 Å². The lowest BCUT2D eigenvalue weighted by atomic mass is 10.1. The fraction of sp³-hybridized carbons (Fsp3) is 0.652. The molecule has 0 bridgehead atoms. The summed E-state index contributed by atoms with van der Waals surface area (Å²) in [5.41, 5.74) is 1.12. The molecule has 0 aliphatic heterocycles. The van der Waals surface area contributed by atoms with E-state index in [2.05, 4.69) is 45.9 Å². The first-order valence-electron chi connectivity index (χ1n) is 11.0. The smallest absolute Gasteiger partial charge is 0.296 e. The highest BCUT2D eigenvalue weighted by Crippen LogP contribution is 2.21. The van der Waals surface area contributed by atoms with Gasteiger partial charge >= 0.3 is 5.76 Å². The van der Waals surface area contributed by atoms with E-state index in [-0.39, 0.29) is 0 Å². The zero-order valence-electron chi connectivity index (χ0n) is 17.4. The maximum absolute atomic E-state index is 10.9. The molecular weight excluding hydrogens is 368 g/mol. The van der Waals surface area contributed by atoms with Gasteiger partial charge in [0.15, 0.2) is 5.82 Å². The molecule has 0 amide bonds. The van der Waals surface area contributed by atoms with Crippen molar-refractivity contribution >= 4 is 11.8 Å². The zero-order valence-corrected chi connectivity index (χ0v) is 18.2. The van der Waals surface area contributed by atoms with Crippen LogP contribution < -0.4 is 5.76 Å². The van der Waals surface area contributed by atoms with Crippen LogP contribution in [0.4, 0.5) is 0 Å². The van der Waals surface area contributed by atoms with Gasteiger partial charge in [0.25, 0.3) is 0 Å². The lowest BCUT2D eigenvalue weighted by Crippen LogP contribution is -1.97. The summed E-state index contributed by atoms with van der Waals surface area (Å²) in [6.07, 6.45) is 17.3. The molecule has 2 aromatic rings. The minimum absolute atomic E-state index is 0.496. The van der Waals surface area contributed by atoms with Gasteiger partial charge in [-0.25, -0.2) is 4.79 Å². The average molecular weight is 405 g/mol. The number of nitrogens with zero attached hydrogens (tertiary/aromatic N) is 1. The Morgan fingerprint density at radius 1 is 0.857 bits per heavy atom. The molecule has 1 aromatic heterocycles. The lowest BCUT2D eigenvalue weighted by Gasteiger charge is -2.04. The highest BCUT2D eigenvalue weighted by molar-refractivity contribution is 7.99. The molecule has 0 saturated carbocycles. The minimum Gasteiger partial charge on any atom is -0.296 e. The van der Waals surface area contributed by atoms with Crippen LogP contribution in [0.15, 0.2) is 38.5 Å². The Bertz CT molecular complexity index is 678. The van der Waals surface area contributed by atoms with Crippen LogP contribution in [-0.4, -0.2) is 15.9 Å². The molecule has 4 nitrogen and oxygen atoms in total. The van der Waals surface area contributed by atoms with Crippen LogP contribution >= 0.6 is 11.8 Å². The summed E-state index contributed by atoms with van der Waals surface area (Å²) in [5.74, 6) is 1.26. The Morgan fingerprint density at radius 2 is 1.43 bits per heavy atom. The van der Waals surface area contributed by atoms with E-state index in [1.54, 1.807) is 0 Å². The van der Waals surface area contributed by atoms with E-state index in [0.717, 1.165) is 5.56 Å². The van der Waals surface area contributed by atoms with Crippen LogP contribution in [0.5, 0.6) is 0 Å². The molecule has 1 N–H and O–H groups in total. The number of unbranched alkanes of at least 4 members (excludes halogenated alkanes) is 11. The molecule has 156 valence electrons. The van der Waals surface area contributed by atoms with Crippen LogP contribution in [0.25, 0.3) is 0 Å². The Morgan fingerprint density at radius 3 is 1.96 bits per heavy atom. The number of thioether (sulfide) groups is 1. The number of aromatic nitrogens is 2. The van der Waals surface area contributed by atoms with Crippen LogP contribution in [0, 0.1) is 0 Å².